The van der Waals surface area contributed by atoms with Crippen LogP contribution in [0.15, 0.2) is 0 Å². The monoisotopic (exact) mass is 578 g/mol. The van der Waals surface area contributed by atoms with Crippen molar-refractivity contribution in [3.05, 3.63) is 0 Å². The summed E-state index contributed by atoms with van der Waals surface area (Å²) >= 11 is 5.64. The van der Waals surface area contributed by atoms with Gasteiger partial charge in [0.2, 0.25) is 0 Å². The van der Waals surface area contributed by atoms with Gasteiger partial charge in [-0.25, -0.2) is 4.39 Å². The minimum Gasteiger partial charge on any atom is -0.379 e. The smallest absolute Gasteiger partial charge is 0.113 e. The largest absolute Gasteiger partial charge is 0.379 e. The van der Waals surface area contributed by atoms with Crippen molar-refractivity contribution in [2.45, 2.75) is 25.7 Å². The second-order valence-electron chi connectivity index (χ2n) is 7.92. The first kappa shape index (κ1) is 37.8. The zero-order valence-corrected chi connectivity index (χ0v) is 24.0. The van der Waals surface area contributed by atoms with Crippen molar-refractivity contribution >= 4 is 11.6 Å². The van der Waals surface area contributed by atoms with Gasteiger partial charge in [-0.1, -0.05) is 12.8 Å². The molecule has 0 saturated carbocycles. The summed E-state index contributed by atoms with van der Waals surface area (Å²) < 4.78 is 65.6. The van der Waals surface area contributed by atoms with Crippen LogP contribution in [0.2, 0.25) is 0 Å². The minimum atomic E-state index is -0.471. The van der Waals surface area contributed by atoms with Gasteiger partial charge in [-0.15, -0.1) is 11.6 Å². The number of unbranched alkanes of at least 4 members (excludes halogenated alkanes) is 3. The third-order valence-corrected chi connectivity index (χ3v) is 5.01. The average Bonchev–Trinajstić information content (AvgIpc) is 2.93. The summed E-state index contributed by atoms with van der Waals surface area (Å²) in [6.45, 7) is 9.64. The van der Waals surface area contributed by atoms with Crippen molar-refractivity contribution in [3.63, 3.8) is 0 Å². The molecule has 0 aliphatic rings. The van der Waals surface area contributed by atoms with E-state index < -0.39 is 6.67 Å². The van der Waals surface area contributed by atoms with E-state index in [1.807, 2.05) is 0 Å². The van der Waals surface area contributed by atoms with Crippen LogP contribution in [-0.4, -0.2) is 145 Å². The van der Waals surface area contributed by atoms with Crippen LogP contribution >= 0.6 is 11.6 Å². The number of alkyl halides is 2. The van der Waals surface area contributed by atoms with Crippen molar-refractivity contribution in [2.75, 3.05) is 145 Å². The second-order valence-corrected chi connectivity index (χ2v) is 8.29. The van der Waals surface area contributed by atoms with E-state index in [4.69, 9.17) is 59.0 Å². The molecule has 0 aromatic carbocycles. The van der Waals surface area contributed by atoms with Crippen LogP contribution in [0.5, 0.6) is 0 Å². The summed E-state index contributed by atoms with van der Waals surface area (Å²) in [5, 5.41) is 0. The van der Waals surface area contributed by atoms with E-state index in [1.54, 1.807) is 0 Å². The summed E-state index contributed by atoms with van der Waals surface area (Å²) in [6, 6.07) is 0. The van der Waals surface area contributed by atoms with Crippen LogP contribution in [0.3, 0.4) is 0 Å². The molecule has 0 aliphatic heterocycles. The zero-order valence-electron chi connectivity index (χ0n) is 23.2. The predicted molar refractivity (Wildman–Crippen MR) is 143 cm³/mol. The molecule has 0 fully saturated rings. The lowest BCUT2D eigenvalue weighted by Crippen LogP contribution is -2.15. The topological polar surface area (TPSA) is 92.3 Å². The summed E-state index contributed by atoms with van der Waals surface area (Å²) in [6.07, 6.45) is 4.50. The molecule has 0 bridgehead atoms. The number of halogens is 2. The maximum Gasteiger partial charge on any atom is 0.113 e. The predicted octanol–water partition coefficient (Wildman–Crippen LogP) is 2.92. The van der Waals surface area contributed by atoms with E-state index in [-0.39, 0.29) is 6.61 Å². The van der Waals surface area contributed by atoms with E-state index in [9.17, 15) is 4.39 Å². The molecule has 0 amide bonds. The van der Waals surface area contributed by atoms with Crippen molar-refractivity contribution < 1.29 is 51.8 Å². The average molecular weight is 579 g/mol. The first-order chi connectivity index (χ1) is 18.9. The molecule has 0 aromatic rings. The molecule has 0 saturated heterocycles. The molecule has 0 heterocycles. The van der Waals surface area contributed by atoms with E-state index in [0.717, 1.165) is 25.3 Å². The van der Waals surface area contributed by atoms with Crippen molar-refractivity contribution in [1.82, 2.24) is 0 Å². The van der Waals surface area contributed by atoms with Crippen LogP contribution in [0.4, 0.5) is 4.39 Å². The van der Waals surface area contributed by atoms with Crippen LogP contribution in [0.1, 0.15) is 25.7 Å². The zero-order chi connectivity index (χ0) is 27.5. The van der Waals surface area contributed by atoms with Gasteiger partial charge >= 0.3 is 0 Å². The summed E-state index contributed by atoms with van der Waals surface area (Å²) in [4.78, 5) is 0. The molecule has 230 valence electrons. The summed E-state index contributed by atoms with van der Waals surface area (Å²) in [5.74, 6) is 0.743. The summed E-state index contributed by atoms with van der Waals surface area (Å²) in [7, 11) is 0. The van der Waals surface area contributed by atoms with E-state index in [0.29, 0.717) is 119 Å². The van der Waals surface area contributed by atoms with Crippen molar-refractivity contribution in [2.24, 2.45) is 0 Å². The fourth-order valence-corrected chi connectivity index (χ4v) is 2.98. The maximum atomic E-state index is 11.8. The molecule has 0 unspecified atom stereocenters. The van der Waals surface area contributed by atoms with Crippen molar-refractivity contribution in [1.29, 1.82) is 0 Å². The Kier molecular flexibility index (Phi) is 36.6. The molecule has 0 spiro atoms. The molecular weight excluding hydrogens is 527 g/mol. The van der Waals surface area contributed by atoms with Gasteiger partial charge in [0.15, 0.2) is 0 Å². The standard InChI is InChI=1S/C26H52ClFO10/c27-5-3-1-2-4-7-29-9-11-31-13-15-33-17-19-35-21-23-37-25-26-38-24-22-36-20-18-34-16-14-32-12-10-30-8-6-28/h1-26H2. The molecule has 0 radical (unpaired) electrons. The Morgan fingerprint density at radius 3 is 0.789 bits per heavy atom. The Labute approximate surface area is 233 Å². The van der Waals surface area contributed by atoms with Gasteiger partial charge < -0.3 is 47.4 Å². The fourth-order valence-electron chi connectivity index (χ4n) is 2.79. The lowest BCUT2D eigenvalue weighted by Gasteiger charge is -2.09. The van der Waals surface area contributed by atoms with E-state index in [1.165, 1.54) is 12.8 Å². The Bertz CT molecular complexity index is 380. The van der Waals surface area contributed by atoms with Gasteiger partial charge in [-0.2, -0.15) is 0 Å². The highest BCUT2D eigenvalue weighted by molar-refractivity contribution is 6.17. The Hall–Kier alpha value is -0.180. The van der Waals surface area contributed by atoms with Crippen LogP contribution in [-0.2, 0) is 47.4 Å². The van der Waals surface area contributed by atoms with Gasteiger partial charge in [0.25, 0.3) is 0 Å². The Morgan fingerprint density at radius 2 is 0.526 bits per heavy atom. The molecule has 0 atom stereocenters. The molecule has 12 heteroatoms. The van der Waals surface area contributed by atoms with Crippen LogP contribution in [0, 0.1) is 0 Å². The maximum absolute atomic E-state index is 11.8. The number of hydrogen-bond acceptors (Lipinski definition) is 10. The first-order valence-corrected chi connectivity index (χ1v) is 14.3. The quantitative estimate of drug-likeness (QED) is 0.0825. The normalized spacial score (nSPS) is 11.5. The lowest BCUT2D eigenvalue weighted by molar-refractivity contribution is -0.0265. The SMILES string of the molecule is FCCOCCOCCOCCOCCOCCOCCOCCOCCOCCOCCCCCCCl. The third-order valence-electron chi connectivity index (χ3n) is 4.74. The van der Waals surface area contributed by atoms with E-state index in [2.05, 4.69) is 0 Å². The molecule has 0 rings (SSSR count). The first-order valence-electron chi connectivity index (χ1n) is 13.8. The molecule has 38 heavy (non-hydrogen) atoms. The third kappa shape index (κ3) is 35.8. The number of hydrogen-bond donors (Lipinski definition) is 0. The highest BCUT2D eigenvalue weighted by Crippen LogP contribution is 2.01. The summed E-state index contributed by atoms with van der Waals surface area (Å²) in [5.41, 5.74) is 0. The highest BCUT2D eigenvalue weighted by atomic mass is 35.5. The second kappa shape index (κ2) is 36.8. The van der Waals surface area contributed by atoms with Gasteiger partial charge in [0.05, 0.1) is 126 Å². The molecular formula is C26H52ClFO10. The van der Waals surface area contributed by atoms with Gasteiger partial charge in [-0.3, -0.25) is 0 Å². The molecule has 0 aromatic heterocycles. The Balaban J connectivity index is 3.01. The van der Waals surface area contributed by atoms with Gasteiger partial charge in [0, 0.05) is 12.5 Å². The highest BCUT2D eigenvalue weighted by Gasteiger charge is 1.96. The number of ether oxygens (including phenoxy) is 10. The molecule has 10 nitrogen and oxygen atoms in total. The van der Waals surface area contributed by atoms with E-state index >= 15 is 0 Å². The fraction of sp³-hybridized carbons (Fsp3) is 1.00. The Morgan fingerprint density at radius 1 is 0.289 bits per heavy atom. The van der Waals surface area contributed by atoms with Crippen molar-refractivity contribution in [3.8, 4) is 0 Å². The molecule has 0 N–H and O–H groups in total. The molecule has 0 aliphatic carbocycles. The van der Waals surface area contributed by atoms with Gasteiger partial charge in [0.1, 0.15) is 6.67 Å². The van der Waals surface area contributed by atoms with Gasteiger partial charge in [-0.05, 0) is 12.8 Å². The number of rotatable bonds is 35. The minimum absolute atomic E-state index is 0.117. The van der Waals surface area contributed by atoms with Crippen LogP contribution in [0.25, 0.3) is 0 Å². The lowest BCUT2D eigenvalue weighted by atomic mass is 10.2. The van der Waals surface area contributed by atoms with Crippen LogP contribution < -0.4 is 0 Å².